The molecule has 0 atom stereocenters. The Hall–Kier alpha value is 0.217. The van der Waals surface area contributed by atoms with Crippen LogP contribution >= 0.6 is 0 Å². The molecule has 0 aromatic heterocycles. The van der Waals surface area contributed by atoms with Gasteiger partial charge in [-0.1, -0.05) is 104 Å². The van der Waals surface area contributed by atoms with Gasteiger partial charge in [-0.05, 0) is 6.04 Å². The lowest BCUT2D eigenvalue weighted by molar-refractivity contribution is 0.576. The number of rotatable bonds is 13. The second-order valence-corrected chi connectivity index (χ2v) is 11.1. The van der Waals surface area contributed by atoms with Crippen molar-refractivity contribution < 1.29 is 0 Å². The molecule has 0 saturated carbocycles. The number of hydrogen-bond donors (Lipinski definition) is 0. The van der Waals surface area contributed by atoms with Crippen molar-refractivity contribution in [2.45, 2.75) is 104 Å². The van der Waals surface area contributed by atoms with Crippen molar-refractivity contribution in [1.82, 2.24) is 0 Å². The molecule has 109 valence electrons. The normalized spacial score (nSPS) is 12.0. The number of unbranched alkanes of at least 4 members (excludes halogenated alkanes) is 8. The minimum absolute atomic E-state index is 0.928. The van der Waals surface area contributed by atoms with Gasteiger partial charge in [0.2, 0.25) is 0 Å². The first kappa shape index (κ1) is 18.2. The molecule has 1 radical (unpaired) electrons. The molecule has 0 fully saturated rings. The maximum atomic E-state index is 2.77. The van der Waals surface area contributed by atoms with Gasteiger partial charge in [0, 0.05) is 0 Å². The molecule has 0 nitrogen and oxygen atoms in total. The van der Waals surface area contributed by atoms with Gasteiger partial charge in [0.15, 0.2) is 0 Å². The SMILES string of the molecule is CCCCCCCCCC[CH][Si](CC)(CC)CC. The Kier molecular flexibility index (Phi) is 12.4. The molecule has 0 unspecified atom stereocenters. The van der Waals surface area contributed by atoms with Gasteiger partial charge in [-0.25, -0.2) is 0 Å². The third-order valence-corrected chi connectivity index (χ3v) is 10.1. The second kappa shape index (κ2) is 12.3. The molecule has 0 aromatic carbocycles. The van der Waals surface area contributed by atoms with Gasteiger partial charge in [0.05, 0.1) is 8.07 Å². The van der Waals surface area contributed by atoms with Gasteiger partial charge in [-0.3, -0.25) is 0 Å². The highest BCUT2D eigenvalue weighted by molar-refractivity contribution is 6.82. The summed E-state index contributed by atoms with van der Waals surface area (Å²) < 4.78 is 0. The molecular weight excluding hydrogens is 232 g/mol. The third kappa shape index (κ3) is 8.34. The average molecular weight is 270 g/mol. The number of hydrogen-bond acceptors (Lipinski definition) is 0. The zero-order valence-electron chi connectivity index (χ0n) is 13.6. The molecule has 0 aliphatic carbocycles. The molecule has 0 bridgehead atoms. The van der Waals surface area contributed by atoms with Crippen LogP contribution in [0.3, 0.4) is 0 Å². The highest BCUT2D eigenvalue weighted by atomic mass is 28.3. The first-order chi connectivity index (χ1) is 8.74. The third-order valence-electron chi connectivity index (χ3n) is 4.75. The lowest BCUT2D eigenvalue weighted by atomic mass is 10.1. The van der Waals surface area contributed by atoms with Crippen LogP contribution in [0.25, 0.3) is 0 Å². The summed E-state index contributed by atoms with van der Waals surface area (Å²) in [5, 5.41) is 0. The predicted molar refractivity (Wildman–Crippen MR) is 88.7 cm³/mol. The van der Waals surface area contributed by atoms with Crippen molar-refractivity contribution in [3.8, 4) is 0 Å². The Morgan fingerprint density at radius 2 is 1.06 bits per heavy atom. The van der Waals surface area contributed by atoms with E-state index < -0.39 is 8.07 Å². The Labute approximate surface area is 118 Å². The standard InChI is InChI=1S/C17H37Si/c1-5-9-10-11-12-13-14-15-16-17-18(6-2,7-3)8-4/h17H,5-16H2,1-4H3. The van der Waals surface area contributed by atoms with E-state index in [4.69, 9.17) is 0 Å². The van der Waals surface area contributed by atoms with Gasteiger partial charge < -0.3 is 0 Å². The first-order valence-corrected chi connectivity index (χ1v) is 11.3. The Morgan fingerprint density at radius 3 is 1.50 bits per heavy atom. The van der Waals surface area contributed by atoms with E-state index in [1.807, 2.05) is 0 Å². The van der Waals surface area contributed by atoms with Crippen LogP contribution in [0.4, 0.5) is 0 Å². The molecule has 18 heavy (non-hydrogen) atoms. The Balaban J connectivity index is 3.38. The molecule has 0 rings (SSSR count). The van der Waals surface area contributed by atoms with E-state index in [-0.39, 0.29) is 0 Å². The average Bonchev–Trinajstić information content (AvgIpc) is 2.42. The van der Waals surface area contributed by atoms with Crippen molar-refractivity contribution in [3.63, 3.8) is 0 Å². The predicted octanol–water partition coefficient (Wildman–Crippen LogP) is 6.77. The highest BCUT2D eigenvalue weighted by Gasteiger charge is 2.25. The summed E-state index contributed by atoms with van der Waals surface area (Å²) in [7, 11) is -0.928. The van der Waals surface area contributed by atoms with Crippen LogP contribution in [0.2, 0.25) is 18.1 Å². The van der Waals surface area contributed by atoms with Crippen molar-refractivity contribution in [1.29, 1.82) is 0 Å². The fourth-order valence-electron chi connectivity index (χ4n) is 2.87. The van der Waals surface area contributed by atoms with Crippen LogP contribution < -0.4 is 0 Å². The van der Waals surface area contributed by atoms with Crippen LogP contribution in [0, 0.1) is 6.04 Å². The van der Waals surface area contributed by atoms with Crippen LogP contribution in [0.5, 0.6) is 0 Å². The van der Waals surface area contributed by atoms with Gasteiger partial charge in [-0.15, -0.1) is 0 Å². The maximum absolute atomic E-state index is 2.77. The largest absolute Gasteiger partial charge is 0.0678 e. The molecule has 0 heterocycles. The van der Waals surface area contributed by atoms with Crippen molar-refractivity contribution >= 4 is 8.07 Å². The molecule has 0 saturated heterocycles. The van der Waals surface area contributed by atoms with E-state index in [9.17, 15) is 0 Å². The molecule has 0 aliphatic heterocycles. The van der Waals surface area contributed by atoms with E-state index in [1.165, 1.54) is 75.9 Å². The summed E-state index contributed by atoms with van der Waals surface area (Å²) in [6.07, 6.45) is 13.0. The lowest BCUT2D eigenvalue weighted by Gasteiger charge is -2.27. The summed E-state index contributed by atoms with van der Waals surface area (Å²) in [5.74, 6) is 0. The summed E-state index contributed by atoms with van der Waals surface area (Å²) in [6.45, 7) is 9.51. The van der Waals surface area contributed by atoms with Gasteiger partial charge in [0.1, 0.15) is 0 Å². The molecule has 0 spiro atoms. The van der Waals surface area contributed by atoms with Crippen LogP contribution in [0.15, 0.2) is 0 Å². The van der Waals surface area contributed by atoms with Crippen LogP contribution in [0.1, 0.15) is 85.5 Å². The van der Waals surface area contributed by atoms with Gasteiger partial charge in [-0.2, -0.15) is 0 Å². The second-order valence-electron chi connectivity index (χ2n) is 5.89. The molecule has 0 N–H and O–H groups in total. The summed E-state index contributed by atoms with van der Waals surface area (Å²) in [5.41, 5.74) is 0. The summed E-state index contributed by atoms with van der Waals surface area (Å²) in [4.78, 5) is 0. The fraction of sp³-hybridized carbons (Fsp3) is 0.941. The summed E-state index contributed by atoms with van der Waals surface area (Å²) in [6, 6.07) is 7.13. The van der Waals surface area contributed by atoms with Crippen LogP contribution in [-0.4, -0.2) is 8.07 Å². The van der Waals surface area contributed by atoms with E-state index in [0.717, 1.165) is 0 Å². The Morgan fingerprint density at radius 1 is 0.611 bits per heavy atom. The van der Waals surface area contributed by atoms with Crippen molar-refractivity contribution in [3.05, 3.63) is 6.04 Å². The van der Waals surface area contributed by atoms with Crippen LogP contribution in [-0.2, 0) is 0 Å². The summed E-state index contributed by atoms with van der Waals surface area (Å²) >= 11 is 0. The quantitative estimate of drug-likeness (QED) is 0.256. The van der Waals surface area contributed by atoms with Crippen molar-refractivity contribution in [2.75, 3.05) is 0 Å². The first-order valence-electron chi connectivity index (χ1n) is 8.59. The molecule has 0 aliphatic rings. The fourth-order valence-corrected chi connectivity index (χ4v) is 6.05. The molecule has 0 amide bonds. The zero-order chi connectivity index (χ0) is 13.7. The highest BCUT2D eigenvalue weighted by Crippen LogP contribution is 2.25. The molecular formula is C17H37Si. The van der Waals surface area contributed by atoms with Crippen molar-refractivity contribution in [2.24, 2.45) is 0 Å². The topological polar surface area (TPSA) is 0 Å². The Bertz CT molecular complexity index is 153. The minimum atomic E-state index is -0.928. The van der Waals surface area contributed by atoms with Gasteiger partial charge in [0.25, 0.3) is 0 Å². The molecule has 1 heteroatoms. The van der Waals surface area contributed by atoms with E-state index in [2.05, 4.69) is 33.7 Å². The smallest absolute Gasteiger partial charge is 0.0558 e. The van der Waals surface area contributed by atoms with Gasteiger partial charge >= 0.3 is 0 Å². The lowest BCUT2D eigenvalue weighted by Crippen LogP contribution is -2.32. The molecule has 0 aromatic rings. The van der Waals surface area contributed by atoms with E-state index in [1.54, 1.807) is 0 Å². The minimum Gasteiger partial charge on any atom is -0.0678 e. The monoisotopic (exact) mass is 269 g/mol. The van der Waals surface area contributed by atoms with E-state index >= 15 is 0 Å². The maximum Gasteiger partial charge on any atom is 0.0558 e. The van der Waals surface area contributed by atoms with E-state index in [0.29, 0.717) is 0 Å². The zero-order valence-corrected chi connectivity index (χ0v) is 14.6.